The molecule has 4 rings (SSSR count). The Morgan fingerprint density at radius 3 is 2.80 bits per heavy atom. The maximum absolute atomic E-state index is 12.8. The Kier molecular flexibility index (Phi) is 3.93. The number of rotatable bonds is 4. The minimum Gasteiger partial charge on any atom is -0.355 e. The second-order valence-corrected chi connectivity index (χ2v) is 8.10. The van der Waals surface area contributed by atoms with Gasteiger partial charge in [-0.1, -0.05) is 18.2 Å². The number of hydrogen-bond acceptors (Lipinski definition) is 5. The van der Waals surface area contributed by atoms with E-state index in [1.165, 1.54) is 6.33 Å². The number of aromatic nitrogens is 3. The van der Waals surface area contributed by atoms with Crippen LogP contribution in [0.3, 0.4) is 0 Å². The minimum absolute atomic E-state index is 0.0755. The molecule has 3 heterocycles. The zero-order chi connectivity index (χ0) is 17.4. The monoisotopic (exact) mass is 357 g/mol. The van der Waals surface area contributed by atoms with Crippen molar-refractivity contribution < 1.29 is 8.42 Å². The van der Waals surface area contributed by atoms with E-state index in [-0.39, 0.29) is 6.04 Å². The van der Waals surface area contributed by atoms with Gasteiger partial charge >= 0.3 is 0 Å². The number of sulfonamides is 1. The Hall–Kier alpha value is -2.45. The fourth-order valence-electron chi connectivity index (χ4n) is 3.30. The second kappa shape index (κ2) is 6.12. The van der Waals surface area contributed by atoms with E-state index in [9.17, 15) is 8.42 Å². The van der Waals surface area contributed by atoms with Crippen LogP contribution in [-0.4, -0.2) is 53.9 Å². The number of anilines is 1. The first-order valence-electron chi connectivity index (χ1n) is 8.13. The zero-order valence-corrected chi connectivity index (χ0v) is 14.6. The molecule has 0 bridgehead atoms. The highest BCUT2D eigenvalue weighted by Crippen LogP contribution is 2.28. The van der Waals surface area contributed by atoms with Gasteiger partial charge in [0.05, 0.1) is 10.3 Å². The third-order valence-electron chi connectivity index (χ3n) is 4.72. The van der Waals surface area contributed by atoms with Crippen LogP contribution in [0.5, 0.6) is 0 Å². The van der Waals surface area contributed by atoms with E-state index in [1.54, 1.807) is 28.6 Å². The van der Waals surface area contributed by atoms with Crippen molar-refractivity contribution in [1.82, 2.24) is 19.3 Å². The van der Waals surface area contributed by atoms with E-state index >= 15 is 0 Å². The van der Waals surface area contributed by atoms with Gasteiger partial charge in [0.1, 0.15) is 17.8 Å². The van der Waals surface area contributed by atoms with Crippen molar-refractivity contribution in [3.63, 3.8) is 0 Å². The first kappa shape index (κ1) is 16.0. The number of H-pyrrole nitrogens is 1. The van der Waals surface area contributed by atoms with Crippen molar-refractivity contribution >= 4 is 26.9 Å². The molecule has 0 amide bonds. The highest BCUT2D eigenvalue weighted by molar-refractivity contribution is 7.89. The van der Waals surface area contributed by atoms with E-state index in [1.807, 2.05) is 25.4 Å². The van der Waals surface area contributed by atoms with Gasteiger partial charge in [-0.2, -0.15) is 4.31 Å². The molecule has 2 aromatic heterocycles. The molecule has 1 aromatic carbocycles. The summed E-state index contributed by atoms with van der Waals surface area (Å²) in [5.74, 6) is 0.815. The van der Waals surface area contributed by atoms with Gasteiger partial charge in [-0.3, -0.25) is 0 Å². The van der Waals surface area contributed by atoms with Crippen molar-refractivity contribution in [2.45, 2.75) is 17.4 Å². The standard InChI is InChI=1S/C17H19N5O2S/c1-21(17-15-7-9-18-16(15)19-12-20-17)13-8-10-22(11-13)25(23,24)14-5-3-2-4-6-14/h2-7,9,12-13H,8,10-11H2,1H3,(H,18,19,20)/t13-/m1/s1. The van der Waals surface area contributed by atoms with E-state index < -0.39 is 10.0 Å². The molecule has 1 aliphatic rings. The lowest BCUT2D eigenvalue weighted by Gasteiger charge is -2.26. The number of hydrogen-bond donors (Lipinski definition) is 1. The summed E-state index contributed by atoms with van der Waals surface area (Å²) in [4.78, 5) is 14.1. The first-order chi connectivity index (χ1) is 12.1. The van der Waals surface area contributed by atoms with Gasteiger partial charge in [-0.25, -0.2) is 18.4 Å². The normalized spacial score (nSPS) is 18.7. The molecule has 0 aliphatic carbocycles. The zero-order valence-electron chi connectivity index (χ0n) is 13.8. The number of nitrogens with one attached hydrogen (secondary N) is 1. The summed E-state index contributed by atoms with van der Waals surface area (Å²) < 4.78 is 27.1. The Morgan fingerprint density at radius 2 is 2.00 bits per heavy atom. The Morgan fingerprint density at radius 1 is 1.20 bits per heavy atom. The Labute approximate surface area is 146 Å². The molecule has 0 radical (unpaired) electrons. The number of aromatic amines is 1. The number of nitrogens with zero attached hydrogens (tertiary/aromatic N) is 4. The van der Waals surface area contributed by atoms with E-state index in [2.05, 4.69) is 19.9 Å². The van der Waals surface area contributed by atoms with Gasteiger partial charge in [0, 0.05) is 32.4 Å². The lowest BCUT2D eigenvalue weighted by molar-refractivity contribution is 0.470. The highest BCUT2D eigenvalue weighted by Gasteiger charge is 2.35. The van der Waals surface area contributed by atoms with Crippen molar-refractivity contribution in [3.8, 4) is 0 Å². The predicted octanol–water partition coefficient (Wildman–Crippen LogP) is 1.86. The largest absolute Gasteiger partial charge is 0.355 e. The highest BCUT2D eigenvalue weighted by atomic mass is 32.2. The van der Waals surface area contributed by atoms with Gasteiger partial charge in [0.2, 0.25) is 10.0 Å². The summed E-state index contributed by atoms with van der Waals surface area (Å²) in [5.41, 5.74) is 0.781. The summed E-state index contributed by atoms with van der Waals surface area (Å²) in [5, 5.41) is 0.939. The fraction of sp³-hybridized carbons (Fsp3) is 0.294. The van der Waals surface area contributed by atoms with Crippen LogP contribution in [0.25, 0.3) is 11.0 Å². The van der Waals surface area contributed by atoms with Crippen molar-refractivity contribution in [2.24, 2.45) is 0 Å². The van der Waals surface area contributed by atoms with Crippen LogP contribution in [0.4, 0.5) is 5.82 Å². The topological polar surface area (TPSA) is 82.2 Å². The minimum atomic E-state index is -3.45. The summed E-state index contributed by atoms with van der Waals surface area (Å²) in [6, 6.07) is 10.6. The molecule has 1 N–H and O–H groups in total. The summed E-state index contributed by atoms with van der Waals surface area (Å²) in [6.07, 6.45) is 4.12. The molecule has 1 saturated heterocycles. The van der Waals surface area contributed by atoms with Crippen molar-refractivity contribution in [2.75, 3.05) is 25.0 Å². The van der Waals surface area contributed by atoms with Crippen LogP contribution in [0.2, 0.25) is 0 Å². The second-order valence-electron chi connectivity index (χ2n) is 6.17. The van der Waals surface area contributed by atoms with Gasteiger partial charge in [-0.15, -0.1) is 0 Å². The van der Waals surface area contributed by atoms with Crippen LogP contribution >= 0.6 is 0 Å². The summed E-state index contributed by atoms with van der Waals surface area (Å²) in [7, 11) is -1.49. The third-order valence-corrected chi connectivity index (χ3v) is 6.60. The molecule has 130 valence electrons. The summed E-state index contributed by atoms with van der Waals surface area (Å²) >= 11 is 0. The maximum Gasteiger partial charge on any atom is 0.243 e. The molecular weight excluding hydrogens is 338 g/mol. The van der Waals surface area contributed by atoms with Crippen LogP contribution in [0.1, 0.15) is 6.42 Å². The molecule has 8 heteroatoms. The average Bonchev–Trinajstić information content (AvgIpc) is 3.31. The third kappa shape index (κ3) is 2.77. The Bertz CT molecular complexity index is 986. The van der Waals surface area contributed by atoms with Gasteiger partial charge in [0.15, 0.2) is 0 Å². The molecule has 3 aromatic rings. The fourth-order valence-corrected chi connectivity index (χ4v) is 4.81. The lowest BCUT2D eigenvalue weighted by atomic mass is 10.2. The molecule has 0 spiro atoms. The van der Waals surface area contributed by atoms with E-state index in [0.717, 1.165) is 23.3 Å². The van der Waals surface area contributed by atoms with Crippen LogP contribution < -0.4 is 4.90 Å². The van der Waals surface area contributed by atoms with E-state index in [4.69, 9.17) is 0 Å². The number of fused-ring (bicyclic) bond motifs is 1. The number of likely N-dealkylation sites (N-methyl/N-ethyl adjacent to an activating group) is 1. The maximum atomic E-state index is 12.8. The van der Waals surface area contributed by atoms with Gasteiger partial charge in [-0.05, 0) is 24.6 Å². The van der Waals surface area contributed by atoms with E-state index in [0.29, 0.717) is 18.0 Å². The van der Waals surface area contributed by atoms with Gasteiger partial charge < -0.3 is 9.88 Å². The van der Waals surface area contributed by atoms with Gasteiger partial charge in [0.25, 0.3) is 0 Å². The SMILES string of the molecule is CN(c1ncnc2[nH]ccc12)[C@@H]1CCN(S(=O)(=O)c2ccccc2)C1. The average molecular weight is 357 g/mol. The molecule has 1 aliphatic heterocycles. The summed E-state index contributed by atoms with van der Waals surface area (Å²) in [6.45, 7) is 0.956. The van der Waals surface area contributed by atoms with Crippen molar-refractivity contribution in [3.05, 3.63) is 48.9 Å². The van der Waals surface area contributed by atoms with Crippen LogP contribution in [-0.2, 0) is 10.0 Å². The first-order valence-corrected chi connectivity index (χ1v) is 9.57. The number of benzene rings is 1. The molecular formula is C17H19N5O2S. The molecule has 7 nitrogen and oxygen atoms in total. The smallest absolute Gasteiger partial charge is 0.243 e. The predicted molar refractivity (Wildman–Crippen MR) is 95.9 cm³/mol. The molecule has 1 atom stereocenters. The molecule has 1 fully saturated rings. The van der Waals surface area contributed by atoms with Crippen LogP contribution in [0, 0.1) is 0 Å². The molecule has 0 unspecified atom stereocenters. The quantitative estimate of drug-likeness (QED) is 0.771. The Balaban J connectivity index is 1.57. The lowest BCUT2D eigenvalue weighted by Crippen LogP contribution is -2.37. The molecule has 0 saturated carbocycles. The van der Waals surface area contributed by atoms with Crippen molar-refractivity contribution in [1.29, 1.82) is 0 Å². The van der Waals surface area contributed by atoms with Crippen LogP contribution in [0.15, 0.2) is 53.8 Å². The molecule has 25 heavy (non-hydrogen) atoms.